The predicted octanol–water partition coefficient (Wildman–Crippen LogP) is 5.96. The molecule has 1 aromatic carbocycles. The van der Waals surface area contributed by atoms with Crippen LogP contribution in [0.5, 0.6) is 0 Å². The van der Waals surface area contributed by atoms with Gasteiger partial charge in [-0.2, -0.15) is 0 Å². The van der Waals surface area contributed by atoms with Crippen molar-refractivity contribution in [3.8, 4) is 0 Å². The summed E-state index contributed by atoms with van der Waals surface area (Å²) in [6.45, 7) is 1.89. The lowest BCUT2D eigenvalue weighted by Gasteiger charge is -2.01. The van der Waals surface area contributed by atoms with Gasteiger partial charge in [-0.3, -0.25) is 0 Å². The first-order chi connectivity index (χ1) is 7.99. The van der Waals surface area contributed by atoms with Crippen LogP contribution in [0.4, 0.5) is 5.69 Å². The Morgan fingerprint density at radius 3 is 2.29 bits per heavy atom. The maximum Gasteiger partial charge on any atom is 0.147 e. The first-order valence-corrected chi connectivity index (χ1v) is 8.09. The van der Waals surface area contributed by atoms with Crippen LogP contribution in [0.3, 0.4) is 0 Å². The van der Waals surface area contributed by atoms with Crippen LogP contribution in [-0.2, 0) is 0 Å². The molecule has 0 bridgehead atoms. The van der Waals surface area contributed by atoms with E-state index in [0.717, 1.165) is 5.56 Å². The minimum Gasteiger partial charge on any atom is -0.234 e. The van der Waals surface area contributed by atoms with Crippen molar-refractivity contribution in [2.45, 2.75) is 6.92 Å². The van der Waals surface area contributed by atoms with Crippen molar-refractivity contribution < 1.29 is 0 Å². The number of hydrogen-bond acceptors (Lipinski definition) is 3. The van der Waals surface area contributed by atoms with Crippen LogP contribution in [0.1, 0.15) is 5.56 Å². The molecule has 0 aliphatic heterocycles. The molecule has 0 aliphatic rings. The summed E-state index contributed by atoms with van der Waals surface area (Å²) in [6.07, 6.45) is 0. The molecule has 2 aromatic rings. The average Bonchev–Trinajstić information content (AvgIpc) is 2.58. The van der Waals surface area contributed by atoms with Gasteiger partial charge in [0.05, 0.1) is 10.7 Å². The van der Waals surface area contributed by atoms with Crippen LogP contribution in [0.2, 0.25) is 19.4 Å². The van der Waals surface area contributed by atoms with Crippen molar-refractivity contribution in [2.75, 3.05) is 0 Å². The number of aryl methyl sites for hydroxylation is 1. The molecule has 0 amide bonds. The van der Waals surface area contributed by atoms with Crippen molar-refractivity contribution >= 4 is 72.8 Å². The Bertz CT molecular complexity index is 630. The van der Waals surface area contributed by atoms with E-state index in [1.54, 1.807) is 6.07 Å². The molecule has 1 aromatic heterocycles. The third-order valence-electron chi connectivity index (χ3n) is 2.00. The normalized spacial score (nSPS) is 12.2. The third-order valence-corrected chi connectivity index (χ3v) is 6.21. The van der Waals surface area contributed by atoms with E-state index in [1.807, 2.05) is 13.0 Å². The van der Waals surface area contributed by atoms with Gasteiger partial charge in [0.2, 0.25) is 0 Å². The van der Waals surface area contributed by atoms with E-state index < -0.39 is 0 Å². The van der Waals surface area contributed by atoms with Gasteiger partial charge in [-0.05, 0) is 24.6 Å². The Kier molecular flexibility index (Phi) is 4.40. The summed E-state index contributed by atoms with van der Waals surface area (Å²) in [5, 5.41) is 1.57. The Morgan fingerprint density at radius 2 is 1.71 bits per heavy atom. The van der Waals surface area contributed by atoms with E-state index in [0.29, 0.717) is 29.8 Å². The Labute approximate surface area is 126 Å². The fraction of sp³-hybridized carbons (Fsp3) is 0.100. The standard InChI is InChI=1S/C10H5Cl4NS2/c1-4-2-7(6(12)3-5(4)11)15-10-8(13)9(14)16-17-10/h2-3H,1H3. The number of rotatable bonds is 1. The maximum absolute atomic E-state index is 6.06. The maximum atomic E-state index is 6.06. The van der Waals surface area contributed by atoms with E-state index in [4.69, 9.17) is 46.4 Å². The second-order valence-electron chi connectivity index (χ2n) is 3.22. The molecule has 0 aliphatic carbocycles. The smallest absolute Gasteiger partial charge is 0.147 e. The largest absolute Gasteiger partial charge is 0.234 e. The molecule has 0 atom stereocenters. The zero-order valence-corrected chi connectivity index (χ0v) is 13.1. The van der Waals surface area contributed by atoms with Crippen molar-refractivity contribution in [2.24, 2.45) is 4.99 Å². The lowest BCUT2D eigenvalue weighted by molar-refractivity contribution is 1.37. The summed E-state index contributed by atoms with van der Waals surface area (Å²) in [7, 11) is 2.78. The number of halogens is 4. The Balaban J connectivity index is 2.60. The Hall–Kier alpha value is 0.230. The van der Waals surface area contributed by atoms with Crippen LogP contribution in [0, 0.1) is 6.92 Å². The zero-order chi connectivity index (χ0) is 12.6. The van der Waals surface area contributed by atoms with Gasteiger partial charge >= 0.3 is 0 Å². The molecule has 0 saturated carbocycles. The molecule has 0 radical (unpaired) electrons. The van der Waals surface area contributed by atoms with Crippen molar-refractivity contribution in [3.05, 3.63) is 41.8 Å². The minimum atomic E-state index is 0.463. The molecule has 7 heteroatoms. The minimum absolute atomic E-state index is 0.463. The van der Waals surface area contributed by atoms with Crippen LogP contribution in [0.15, 0.2) is 17.1 Å². The predicted molar refractivity (Wildman–Crippen MR) is 78.6 cm³/mol. The highest BCUT2D eigenvalue weighted by atomic mass is 35.5. The van der Waals surface area contributed by atoms with Gasteiger partial charge in [-0.25, -0.2) is 4.99 Å². The van der Waals surface area contributed by atoms with Crippen molar-refractivity contribution in [3.63, 3.8) is 0 Å². The molecule has 1 nitrogen and oxygen atoms in total. The molecule has 17 heavy (non-hydrogen) atoms. The molecule has 0 unspecified atom stereocenters. The zero-order valence-electron chi connectivity index (χ0n) is 8.43. The van der Waals surface area contributed by atoms with Gasteiger partial charge in [0, 0.05) is 5.02 Å². The van der Waals surface area contributed by atoms with E-state index in [-0.39, 0.29) is 0 Å². The fourth-order valence-electron chi connectivity index (χ4n) is 1.14. The second-order valence-corrected chi connectivity index (χ2v) is 7.15. The molecule has 90 valence electrons. The molecule has 0 fully saturated rings. The quantitative estimate of drug-likeness (QED) is 0.565. The monoisotopic (exact) mass is 343 g/mol. The van der Waals surface area contributed by atoms with Gasteiger partial charge in [0.1, 0.15) is 14.0 Å². The van der Waals surface area contributed by atoms with Gasteiger partial charge in [-0.15, -0.1) is 0 Å². The molecule has 0 spiro atoms. The highest BCUT2D eigenvalue weighted by Gasteiger charge is 2.07. The van der Waals surface area contributed by atoms with Crippen molar-refractivity contribution in [1.29, 1.82) is 0 Å². The summed E-state index contributed by atoms with van der Waals surface area (Å²) < 4.78 is 1.20. The molecular weight excluding hydrogens is 340 g/mol. The summed E-state index contributed by atoms with van der Waals surface area (Å²) in [6, 6.07) is 3.49. The van der Waals surface area contributed by atoms with Crippen LogP contribution in [0.25, 0.3) is 0 Å². The molecule has 2 rings (SSSR count). The summed E-state index contributed by atoms with van der Waals surface area (Å²) in [5.41, 5.74) is 1.55. The number of nitrogens with zero attached hydrogens (tertiary/aromatic N) is 1. The van der Waals surface area contributed by atoms with E-state index in [2.05, 4.69) is 4.99 Å². The van der Waals surface area contributed by atoms with Crippen LogP contribution >= 0.6 is 67.1 Å². The molecule has 0 saturated heterocycles. The third kappa shape index (κ3) is 2.98. The van der Waals surface area contributed by atoms with E-state index >= 15 is 0 Å². The fourth-order valence-corrected chi connectivity index (χ4v) is 4.31. The lowest BCUT2D eigenvalue weighted by Crippen LogP contribution is -1.92. The number of hydrogen-bond donors (Lipinski definition) is 0. The van der Waals surface area contributed by atoms with Crippen molar-refractivity contribution in [1.82, 2.24) is 0 Å². The molecule has 1 heterocycles. The van der Waals surface area contributed by atoms with Gasteiger partial charge < -0.3 is 0 Å². The first kappa shape index (κ1) is 13.7. The summed E-state index contributed by atoms with van der Waals surface area (Å²) in [5.74, 6) is 0. The number of benzene rings is 1. The Morgan fingerprint density at radius 1 is 1.00 bits per heavy atom. The molecular formula is C10H5Cl4NS2. The highest BCUT2D eigenvalue weighted by Crippen LogP contribution is 2.32. The summed E-state index contributed by atoms with van der Waals surface area (Å²) in [4.78, 5) is 4.38. The van der Waals surface area contributed by atoms with E-state index in [1.165, 1.54) is 20.7 Å². The SMILES string of the molecule is Cc1cc(N=c2ssc(Cl)c2Cl)c(Cl)cc1Cl. The van der Waals surface area contributed by atoms with Gasteiger partial charge in [0.15, 0.2) is 0 Å². The van der Waals surface area contributed by atoms with Gasteiger partial charge in [-0.1, -0.05) is 67.1 Å². The average molecular weight is 345 g/mol. The van der Waals surface area contributed by atoms with Crippen LogP contribution < -0.4 is 4.67 Å². The molecule has 0 N–H and O–H groups in total. The first-order valence-electron chi connectivity index (χ1n) is 4.43. The van der Waals surface area contributed by atoms with Crippen LogP contribution in [-0.4, -0.2) is 0 Å². The second kappa shape index (κ2) is 5.47. The summed E-state index contributed by atoms with van der Waals surface area (Å²) >= 11 is 23.9. The highest BCUT2D eigenvalue weighted by molar-refractivity contribution is 7.69. The van der Waals surface area contributed by atoms with E-state index in [9.17, 15) is 0 Å². The lowest BCUT2D eigenvalue weighted by atomic mass is 10.2. The topological polar surface area (TPSA) is 12.4 Å². The van der Waals surface area contributed by atoms with Gasteiger partial charge in [0.25, 0.3) is 0 Å².